The van der Waals surface area contributed by atoms with Crippen LogP contribution in [0, 0.1) is 11.8 Å². The van der Waals surface area contributed by atoms with Crippen LogP contribution in [0.15, 0.2) is 48.5 Å². The van der Waals surface area contributed by atoms with Gasteiger partial charge in [-0.25, -0.2) is 4.79 Å². The molecule has 28 heavy (non-hydrogen) atoms. The van der Waals surface area contributed by atoms with Crippen molar-refractivity contribution in [2.24, 2.45) is 11.8 Å². The van der Waals surface area contributed by atoms with E-state index >= 15 is 0 Å². The number of nitrogens with zero attached hydrogens (tertiary/aromatic N) is 1. The fraction of sp³-hybridized carbons (Fsp3) is 0.391. The first kappa shape index (κ1) is 17.3. The number of carbonyl (C=O) groups is 2. The number of hydrogen-bond acceptors (Lipinski definition) is 3. The summed E-state index contributed by atoms with van der Waals surface area (Å²) in [7, 11) is 0. The van der Waals surface area contributed by atoms with Crippen molar-refractivity contribution in [2.75, 3.05) is 13.2 Å². The highest BCUT2D eigenvalue weighted by molar-refractivity contribution is 5.79. The van der Waals surface area contributed by atoms with E-state index in [9.17, 15) is 14.7 Å². The maximum absolute atomic E-state index is 12.8. The Bertz CT molecular complexity index is 894. The Kier molecular flexibility index (Phi) is 4.11. The lowest BCUT2D eigenvalue weighted by molar-refractivity contribution is -0.145. The smallest absolute Gasteiger partial charge is 0.410 e. The molecular weight excluding hydrogens is 354 g/mol. The van der Waals surface area contributed by atoms with Gasteiger partial charge >= 0.3 is 12.1 Å². The second kappa shape index (κ2) is 6.66. The second-order valence-corrected chi connectivity index (χ2v) is 8.13. The van der Waals surface area contributed by atoms with Gasteiger partial charge in [-0.05, 0) is 47.4 Å². The largest absolute Gasteiger partial charge is 0.481 e. The SMILES string of the molecule is O=C(O)C1CN(C(=O)OCC2c3ccccc3-c3ccccc32)C2CCC1C2. The van der Waals surface area contributed by atoms with E-state index in [1.54, 1.807) is 4.90 Å². The molecule has 2 fully saturated rings. The molecule has 2 aromatic carbocycles. The summed E-state index contributed by atoms with van der Waals surface area (Å²) in [4.78, 5) is 26.1. The third kappa shape index (κ3) is 2.68. The average molecular weight is 377 g/mol. The minimum absolute atomic E-state index is 0.0211. The van der Waals surface area contributed by atoms with Crippen LogP contribution in [0.25, 0.3) is 11.1 Å². The number of carboxylic acid groups (broad SMARTS) is 1. The molecule has 0 radical (unpaired) electrons. The van der Waals surface area contributed by atoms with Crippen molar-refractivity contribution < 1.29 is 19.4 Å². The van der Waals surface area contributed by atoms with E-state index in [1.165, 1.54) is 22.3 Å². The highest BCUT2D eigenvalue weighted by Crippen LogP contribution is 2.45. The van der Waals surface area contributed by atoms with Gasteiger partial charge < -0.3 is 14.7 Å². The number of ether oxygens (including phenoxy) is 1. The molecule has 3 unspecified atom stereocenters. The van der Waals surface area contributed by atoms with E-state index in [0.717, 1.165) is 19.3 Å². The van der Waals surface area contributed by atoms with Crippen LogP contribution >= 0.6 is 0 Å². The van der Waals surface area contributed by atoms with Crippen LogP contribution < -0.4 is 0 Å². The molecule has 1 aliphatic heterocycles. The molecule has 1 heterocycles. The van der Waals surface area contributed by atoms with E-state index in [4.69, 9.17) is 4.74 Å². The van der Waals surface area contributed by atoms with Gasteiger partial charge in [0, 0.05) is 18.5 Å². The fourth-order valence-electron chi connectivity index (χ4n) is 5.33. The summed E-state index contributed by atoms with van der Waals surface area (Å²) in [6, 6.07) is 16.6. The van der Waals surface area contributed by atoms with Gasteiger partial charge in [0.15, 0.2) is 0 Å². The minimum Gasteiger partial charge on any atom is -0.481 e. The van der Waals surface area contributed by atoms with Gasteiger partial charge in [-0.1, -0.05) is 48.5 Å². The van der Waals surface area contributed by atoms with Gasteiger partial charge in [0.1, 0.15) is 6.61 Å². The molecule has 0 aromatic heterocycles. The first-order valence-corrected chi connectivity index (χ1v) is 9.98. The van der Waals surface area contributed by atoms with Gasteiger partial charge in [-0.3, -0.25) is 4.79 Å². The molecule has 2 bridgehead atoms. The average Bonchev–Trinajstić information content (AvgIpc) is 3.25. The Labute approximate surface area is 163 Å². The summed E-state index contributed by atoms with van der Waals surface area (Å²) >= 11 is 0. The predicted molar refractivity (Wildman–Crippen MR) is 104 cm³/mol. The number of carboxylic acids is 1. The number of rotatable bonds is 3. The summed E-state index contributed by atoms with van der Waals surface area (Å²) < 4.78 is 5.75. The monoisotopic (exact) mass is 377 g/mol. The van der Waals surface area contributed by atoms with E-state index in [2.05, 4.69) is 24.3 Å². The molecule has 0 spiro atoms. The van der Waals surface area contributed by atoms with Crippen molar-refractivity contribution in [1.29, 1.82) is 0 Å². The van der Waals surface area contributed by atoms with E-state index in [0.29, 0.717) is 0 Å². The van der Waals surface area contributed by atoms with Gasteiger partial charge in [0.2, 0.25) is 0 Å². The second-order valence-electron chi connectivity index (χ2n) is 8.13. The molecule has 5 heteroatoms. The lowest BCUT2D eigenvalue weighted by Gasteiger charge is -2.36. The molecule has 2 aliphatic carbocycles. The van der Waals surface area contributed by atoms with E-state index < -0.39 is 11.9 Å². The van der Waals surface area contributed by atoms with Crippen LogP contribution in [-0.2, 0) is 9.53 Å². The number of benzene rings is 2. The first-order valence-electron chi connectivity index (χ1n) is 9.98. The fourth-order valence-corrected chi connectivity index (χ4v) is 5.33. The highest BCUT2D eigenvalue weighted by atomic mass is 16.6. The summed E-state index contributed by atoms with van der Waals surface area (Å²) in [5, 5.41) is 9.50. The van der Waals surface area contributed by atoms with E-state index in [-0.39, 0.29) is 37.1 Å². The highest BCUT2D eigenvalue weighted by Gasteiger charge is 2.46. The zero-order valence-corrected chi connectivity index (χ0v) is 15.6. The molecule has 1 saturated carbocycles. The van der Waals surface area contributed by atoms with Gasteiger partial charge in [-0.2, -0.15) is 0 Å². The Morgan fingerprint density at radius 2 is 1.64 bits per heavy atom. The summed E-state index contributed by atoms with van der Waals surface area (Å²) in [5.74, 6) is -1.06. The van der Waals surface area contributed by atoms with Crippen LogP contribution in [0.5, 0.6) is 0 Å². The molecule has 1 amide bonds. The Balaban J connectivity index is 1.34. The van der Waals surface area contributed by atoms with Crippen molar-refractivity contribution in [3.8, 4) is 11.1 Å². The number of aliphatic carboxylic acids is 1. The number of likely N-dealkylation sites (tertiary alicyclic amines) is 1. The molecule has 3 atom stereocenters. The predicted octanol–water partition coefficient (Wildman–Crippen LogP) is 4.12. The van der Waals surface area contributed by atoms with Crippen molar-refractivity contribution in [3.63, 3.8) is 0 Å². The van der Waals surface area contributed by atoms with Crippen LogP contribution in [0.3, 0.4) is 0 Å². The number of amides is 1. The zero-order chi connectivity index (χ0) is 19.3. The molecular formula is C23H23NO4. The van der Waals surface area contributed by atoms with Crippen LogP contribution in [0.2, 0.25) is 0 Å². The topological polar surface area (TPSA) is 66.8 Å². The molecule has 144 valence electrons. The molecule has 1 N–H and O–H groups in total. The van der Waals surface area contributed by atoms with E-state index in [1.807, 2.05) is 24.3 Å². The number of carbonyl (C=O) groups excluding carboxylic acids is 1. The standard InChI is InChI=1S/C23H23NO4/c25-22(26)20-12-24(15-10-9-14(20)11-15)23(27)28-13-21-18-7-3-1-5-16(18)17-6-2-4-8-19(17)21/h1-8,14-15,20-21H,9-13H2,(H,25,26). The van der Waals surface area contributed by atoms with Crippen LogP contribution in [0.4, 0.5) is 4.79 Å². The Morgan fingerprint density at radius 1 is 1.00 bits per heavy atom. The van der Waals surface area contributed by atoms with Gasteiger partial charge in [0.05, 0.1) is 5.92 Å². The summed E-state index contributed by atoms with van der Waals surface area (Å²) in [6.45, 7) is 0.540. The summed E-state index contributed by atoms with van der Waals surface area (Å²) in [6.07, 6.45) is 2.16. The van der Waals surface area contributed by atoms with Crippen molar-refractivity contribution in [3.05, 3.63) is 59.7 Å². The normalized spacial score (nSPS) is 25.3. The third-order valence-corrected chi connectivity index (χ3v) is 6.74. The molecule has 2 aromatic rings. The maximum atomic E-state index is 12.8. The van der Waals surface area contributed by atoms with Crippen LogP contribution in [0.1, 0.15) is 36.3 Å². The molecule has 1 saturated heterocycles. The minimum atomic E-state index is -0.804. The zero-order valence-electron chi connectivity index (χ0n) is 15.6. The quantitative estimate of drug-likeness (QED) is 0.874. The van der Waals surface area contributed by atoms with Crippen molar-refractivity contribution >= 4 is 12.1 Å². The van der Waals surface area contributed by atoms with Crippen LogP contribution in [-0.4, -0.2) is 41.3 Å². The third-order valence-electron chi connectivity index (χ3n) is 6.74. The lowest BCUT2D eigenvalue weighted by atomic mass is 9.87. The van der Waals surface area contributed by atoms with Crippen molar-refractivity contribution in [1.82, 2.24) is 4.90 Å². The number of hydrogen-bond donors (Lipinski definition) is 1. The maximum Gasteiger partial charge on any atom is 0.410 e. The molecule has 5 rings (SSSR count). The Morgan fingerprint density at radius 3 is 2.29 bits per heavy atom. The number of fused-ring (bicyclic) bond motifs is 5. The molecule has 5 nitrogen and oxygen atoms in total. The number of piperidine rings is 1. The first-order chi connectivity index (χ1) is 13.6. The summed E-state index contributed by atoms with van der Waals surface area (Å²) in [5.41, 5.74) is 4.75. The van der Waals surface area contributed by atoms with Crippen molar-refractivity contribution in [2.45, 2.75) is 31.2 Å². The molecule has 3 aliphatic rings. The van der Waals surface area contributed by atoms with Gasteiger partial charge in [-0.15, -0.1) is 0 Å². The lowest BCUT2D eigenvalue weighted by Crippen LogP contribution is -2.48. The van der Waals surface area contributed by atoms with Gasteiger partial charge in [0.25, 0.3) is 0 Å². The Hall–Kier alpha value is -2.82.